The van der Waals surface area contributed by atoms with Crippen LogP contribution in [0.25, 0.3) is 0 Å². The summed E-state index contributed by atoms with van der Waals surface area (Å²) in [5, 5.41) is 31.6. The molecule has 0 bridgehead atoms. The van der Waals surface area contributed by atoms with Crippen molar-refractivity contribution in [3.8, 4) is 0 Å². The minimum absolute atomic E-state index is 0.0192. The number of fused-ring (bicyclic) bond motifs is 1. The van der Waals surface area contributed by atoms with Crippen LogP contribution in [0.4, 0.5) is 0 Å². The van der Waals surface area contributed by atoms with Crippen LogP contribution in [0.5, 0.6) is 0 Å². The molecule has 4 aliphatic rings. The molecule has 186 valence electrons. The lowest BCUT2D eigenvalue weighted by molar-refractivity contribution is -0.106. The summed E-state index contributed by atoms with van der Waals surface area (Å²) in [5.41, 5.74) is 6.15. The number of likely N-dealkylation sites (N-methyl/N-ethyl adjacent to an activating group) is 2. The van der Waals surface area contributed by atoms with E-state index in [4.69, 9.17) is 22.1 Å². The summed E-state index contributed by atoms with van der Waals surface area (Å²) in [7, 11) is 4.19. The maximum atomic E-state index is 10.7. The summed E-state index contributed by atoms with van der Waals surface area (Å²) in [6, 6.07) is 0.0192. The number of nitrogens with zero attached hydrogens (tertiary/aromatic N) is 3. The predicted molar refractivity (Wildman–Crippen MR) is 124 cm³/mol. The molecule has 0 aromatic heterocycles. The molecule has 0 aromatic carbocycles. The van der Waals surface area contributed by atoms with E-state index in [1.54, 1.807) is 0 Å². The van der Waals surface area contributed by atoms with E-state index in [1.165, 1.54) is 19.3 Å². The standard InChI is InChI=1S/C21H42ClN7O3/c1-27(9-13-5-3-4-6-14(13)22)7-8-28(2)10-15-17(30)18(31)21(32-15)29-12-26-16-19(23)24-11-25-20(16)29/h13-21,24-26,30-31H,3-12,23H2,1-2H3/t13?,14?,15-,16?,17-,18-,19?,20?,21-/m1/s1. The second-order valence-electron chi connectivity index (χ2n) is 10.1. The lowest BCUT2D eigenvalue weighted by Gasteiger charge is -2.38. The lowest BCUT2D eigenvalue weighted by Crippen LogP contribution is -2.68. The number of hydrogen-bond acceptors (Lipinski definition) is 10. The maximum absolute atomic E-state index is 10.7. The van der Waals surface area contributed by atoms with E-state index >= 15 is 0 Å². The molecule has 4 rings (SSSR count). The zero-order chi connectivity index (χ0) is 22.8. The van der Waals surface area contributed by atoms with E-state index in [0.717, 1.165) is 26.1 Å². The number of nitrogens with two attached hydrogens (primary N) is 1. The highest BCUT2D eigenvalue weighted by Gasteiger charge is 2.51. The van der Waals surface area contributed by atoms with Crippen LogP contribution in [0, 0.1) is 5.92 Å². The van der Waals surface area contributed by atoms with Gasteiger partial charge in [-0.2, -0.15) is 0 Å². The molecule has 0 aromatic rings. The fourth-order valence-corrected chi connectivity index (χ4v) is 5.96. The van der Waals surface area contributed by atoms with Gasteiger partial charge < -0.3 is 30.5 Å². The highest BCUT2D eigenvalue weighted by atomic mass is 35.5. The molecule has 0 amide bonds. The Morgan fingerprint density at radius 2 is 1.75 bits per heavy atom. The average Bonchev–Trinajstić information content (AvgIpc) is 3.31. The first-order chi connectivity index (χ1) is 15.3. The summed E-state index contributed by atoms with van der Waals surface area (Å²) in [6.07, 6.45) is 1.78. The lowest BCUT2D eigenvalue weighted by atomic mass is 9.88. The van der Waals surface area contributed by atoms with Crippen molar-refractivity contribution in [3.05, 3.63) is 0 Å². The quantitative estimate of drug-likeness (QED) is 0.222. The molecule has 3 saturated heterocycles. The van der Waals surface area contributed by atoms with Crippen molar-refractivity contribution < 1.29 is 14.9 Å². The third-order valence-corrected chi connectivity index (χ3v) is 8.20. The zero-order valence-electron chi connectivity index (χ0n) is 19.4. The van der Waals surface area contributed by atoms with Crippen molar-refractivity contribution in [2.45, 2.75) is 74.0 Å². The van der Waals surface area contributed by atoms with Gasteiger partial charge in [0.2, 0.25) is 0 Å². The van der Waals surface area contributed by atoms with Crippen LogP contribution < -0.4 is 21.7 Å². The van der Waals surface area contributed by atoms with Crippen LogP contribution in [0.15, 0.2) is 0 Å². The maximum Gasteiger partial charge on any atom is 0.142 e. The summed E-state index contributed by atoms with van der Waals surface area (Å²) in [5.74, 6) is 0.575. The minimum Gasteiger partial charge on any atom is -0.387 e. The zero-order valence-corrected chi connectivity index (χ0v) is 20.1. The first-order valence-corrected chi connectivity index (χ1v) is 12.5. The number of hydrogen-bond donors (Lipinski definition) is 6. The molecule has 3 heterocycles. The van der Waals surface area contributed by atoms with Gasteiger partial charge in [-0.1, -0.05) is 12.8 Å². The van der Waals surface area contributed by atoms with E-state index in [9.17, 15) is 10.2 Å². The third-order valence-electron chi connectivity index (χ3n) is 7.62. The number of ether oxygens (including phenoxy) is 1. The highest BCUT2D eigenvalue weighted by molar-refractivity contribution is 6.20. The van der Waals surface area contributed by atoms with Gasteiger partial charge in [0.1, 0.15) is 24.5 Å². The summed E-state index contributed by atoms with van der Waals surface area (Å²) in [4.78, 5) is 6.55. The third kappa shape index (κ3) is 5.58. The van der Waals surface area contributed by atoms with Crippen molar-refractivity contribution >= 4 is 11.6 Å². The van der Waals surface area contributed by atoms with Gasteiger partial charge in [-0.3, -0.25) is 16.0 Å². The second kappa shape index (κ2) is 11.1. The number of alkyl halides is 1. The van der Waals surface area contributed by atoms with Gasteiger partial charge >= 0.3 is 0 Å². The molecule has 4 fully saturated rings. The fraction of sp³-hybridized carbons (Fsp3) is 1.00. The number of rotatable bonds is 8. The molecule has 32 heavy (non-hydrogen) atoms. The van der Waals surface area contributed by atoms with Gasteiger partial charge in [0.05, 0.1) is 25.0 Å². The second-order valence-corrected chi connectivity index (χ2v) is 10.6. The van der Waals surface area contributed by atoms with Crippen molar-refractivity contribution in [2.75, 3.05) is 53.6 Å². The Kier molecular flexibility index (Phi) is 8.66. The van der Waals surface area contributed by atoms with Gasteiger partial charge in [0, 0.05) is 38.2 Å². The topological polar surface area (TPSA) is 122 Å². The number of aliphatic hydroxyl groups is 2. The van der Waals surface area contributed by atoms with Gasteiger partial charge in [-0.05, 0) is 32.9 Å². The Labute approximate surface area is 196 Å². The molecular formula is C21H42ClN7O3. The Hall–Kier alpha value is -0.110. The van der Waals surface area contributed by atoms with Crippen molar-refractivity contribution in [3.63, 3.8) is 0 Å². The largest absolute Gasteiger partial charge is 0.387 e. The van der Waals surface area contributed by atoms with Gasteiger partial charge in [-0.25, -0.2) is 4.90 Å². The van der Waals surface area contributed by atoms with Crippen LogP contribution in [0.1, 0.15) is 25.7 Å². The van der Waals surface area contributed by atoms with E-state index in [-0.39, 0.29) is 18.4 Å². The molecule has 1 saturated carbocycles. The van der Waals surface area contributed by atoms with Gasteiger partial charge in [0.15, 0.2) is 0 Å². The molecule has 0 radical (unpaired) electrons. The van der Waals surface area contributed by atoms with Crippen molar-refractivity contribution in [1.82, 2.24) is 30.7 Å². The fourth-order valence-electron chi connectivity index (χ4n) is 5.60. The predicted octanol–water partition coefficient (Wildman–Crippen LogP) is -1.91. The molecular weight excluding hydrogens is 434 g/mol. The summed E-state index contributed by atoms with van der Waals surface area (Å²) in [6.45, 7) is 4.52. The molecule has 1 aliphatic carbocycles. The van der Waals surface area contributed by atoms with E-state index < -0.39 is 24.5 Å². The van der Waals surface area contributed by atoms with Crippen LogP contribution in [0.2, 0.25) is 0 Å². The highest BCUT2D eigenvalue weighted by Crippen LogP contribution is 2.30. The van der Waals surface area contributed by atoms with Gasteiger partial charge in [-0.15, -0.1) is 11.6 Å². The van der Waals surface area contributed by atoms with Crippen LogP contribution >= 0.6 is 11.6 Å². The van der Waals surface area contributed by atoms with Crippen LogP contribution in [-0.4, -0.2) is 127 Å². The Morgan fingerprint density at radius 1 is 1.03 bits per heavy atom. The number of halogens is 1. The van der Waals surface area contributed by atoms with Crippen LogP contribution in [-0.2, 0) is 4.74 Å². The molecule has 0 spiro atoms. The smallest absolute Gasteiger partial charge is 0.142 e. The first-order valence-electron chi connectivity index (χ1n) is 12.1. The Morgan fingerprint density at radius 3 is 2.50 bits per heavy atom. The molecule has 9 atom stereocenters. The number of nitrogens with one attached hydrogen (secondary N) is 3. The van der Waals surface area contributed by atoms with E-state index in [2.05, 4.69) is 32.8 Å². The van der Waals surface area contributed by atoms with Crippen molar-refractivity contribution in [1.29, 1.82) is 0 Å². The molecule has 10 nitrogen and oxygen atoms in total. The SMILES string of the molecule is CN(CCN(C)C[C@H]1O[C@@H](N2CNC3C(N)NCNC32)[C@H](O)[C@@H]1O)CC1CCCCC1Cl. The molecule has 3 aliphatic heterocycles. The van der Waals surface area contributed by atoms with Gasteiger partial charge in [0.25, 0.3) is 0 Å². The average molecular weight is 476 g/mol. The Bertz CT molecular complexity index is 608. The molecule has 11 heteroatoms. The molecule has 7 N–H and O–H groups in total. The molecule has 5 unspecified atom stereocenters. The van der Waals surface area contributed by atoms with E-state index in [0.29, 0.717) is 31.2 Å². The van der Waals surface area contributed by atoms with Crippen LogP contribution in [0.3, 0.4) is 0 Å². The first kappa shape index (κ1) is 25.0. The summed E-state index contributed by atoms with van der Waals surface area (Å²) >= 11 is 6.52. The normalized spacial score (nSPS) is 43.3. The van der Waals surface area contributed by atoms with Crippen molar-refractivity contribution in [2.24, 2.45) is 11.7 Å². The minimum atomic E-state index is -0.962. The summed E-state index contributed by atoms with van der Waals surface area (Å²) < 4.78 is 6.18. The monoisotopic (exact) mass is 475 g/mol. The number of aliphatic hydroxyl groups excluding tert-OH is 2. The Balaban J connectivity index is 1.23. The van der Waals surface area contributed by atoms with E-state index in [1.807, 2.05) is 11.9 Å².